The Labute approximate surface area is 201 Å². The average molecular weight is 480 g/mol. The van der Waals surface area contributed by atoms with Crippen LogP contribution in [0.25, 0.3) is 0 Å². The lowest BCUT2D eigenvalue weighted by molar-refractivity contribution is -0.135. The maximum absolute atomic E-state index is 13.5. The van der Waals surface area contributed by atoms with E-state index in [-0.39, 0.29) is 22.5 Å². The van der Waals surface area contributed by atoms with Crippen molar-refractivity contribution in [2.75, 3.05) is 0 Å². The molecule has 0 aromatic heterocycles. The number of carbonyl (C=O) groups is 1. The molecule has 33 heavy (non-hydrogen) atoms. The topological polar surface area (TPSA) is 83.5 Å². The summed E-state index contributed by atoms with van der Waals surface area (Å²) in [5.41, 5.74) is 1.16. The van der Waals surface area contributed by atoms with Crippen LogP contribution in [0.5, 0.6) is 0 Å². The van der Waals surface area contributed by atoms with E-state index in [4.69, 9.17) is 4.18 Å². The first-order valence-corrected chi connectivity index (χ1v) is 14.6. The maximum atomic E-state index is 13.5. The molecule has 0 saturated heterocycles. The highest BCUT2D eigenvalue weighted by atomic mass is 32.3. The molecule has 0 aliphatic heterocycles. The van der Waals surface area contributed by atoms with Crippen molar-refractivity contribution in [3.8, 4) is 0 Å². The van der Waals surface area contributed by atoms with E-state index < -0.39 is 16.5 Å². The third-order valence-electron chi connectivity index (χ3n) is 10.4. The minimum Gasteiger partial charge on any atom is -0.726 e. The Bertz CT molecular complexity index is 892. The Morgan fingerprint density at radius 3 is 2.45 bits per heavy atom. The second-order valence-electron chi connectivity index (χ2n) is 12.6. The number of carbonyl (C=O) groups excluding carboxylic acids is 1. The van der Waals surface area contributed by atoms with E-state index >= 15 is 0 Å². The number of ketones is 1. The molecule has 6 heteroatoms. The predicted molar refractivity (Wildman–Crippen MR) is 128 cm³/mol. The normalized spacial score (nSPS) is 41.8. The van der Waals surface area contributed by atoms with Gasteiger partial charge < -0.3 is 4.55 Å². The van der Waals surface area contributed by atoms with Crippen molar-refractivity contribution >= 4 is 16.2 Å². The van der Waals surface area contributed by atoms with Crippen LogP contribution in [-0.2, 0) is 19.4 Å². The minimum absolute atomic E-state index is 0.0890. The van der Waals surface area contributed by atoms with Crippen molar-refractivity contribution in [3.63, 3.8) is 0 Å². The lowest BCUT2D eigenvalue weighted by atomic mass is 9.46. The van der Waals surface area contributed by atoms with Crippen LogP contribution in [0.1, 0.15) is 98.8 Å². The van der Waals surface area contributed by atoms with Crippen molar-refractivity contribution in [2.45, 2.75) is 105 Å². The van der Waals surface area contributed by atoms with Crippen LogP contribution in [0.15, 0.2) is 11.6 Å². The van der Waals surface area contributed by atoms with Gasteiger partial charge in [-0.25, -0.2) is 8.42 Å². The molecular weight excluding hydrogens is 436 g/mol. The summed E-state index contributed by atoms with van der Waals surface area (Å²) in [5.74, 6) is 3.27. The fourth-order valence-electron chi connectivity index (χ4n) is 8.64. The molecular formula is C27H43O5S-. The summed E-state index contributed by atoms with van der Waals surface area (Å²) < 4.78 is 38.1. The van der Waals surface area contributed by atoms with E-state index in [0.717, 1.165) is 30.8 Å². The Morgan fingerprint density at radius 2 is 1.79 bits per heavy atom. The molecule has 188 valence electrons. The van der Waals surface area contributed by atoms with E-state index in [1.165, 1.54) is 32.1 Å². The highest BCUT2D eigenvalue weighted by Gasteiger charge is 2.61. The Hall–Kier alpha value is -0.720. The lowest BCUT2D eigenvalue weighted by Gasteiger charge is -2.57. The molecule has 4 aliphatic carbocycles. The number of hydrogen-bond donors (Lipinski definition) is 0. The van der Waals surface area contributed by atoms with Crippen molar-refractivity contribution in [3.05, 3.63) is 11.6 Å². The first-order chi connectivity index (χ1) is 15.3. The van der Waals surface area contributed by atoms with Crippen molar-refractivity contribution in [2.24, 2.45) is 46.3 Å². The molecule has 5 unspecified atom stereocenters. The van der Waals surface area contributed by atoms with Gasteiger partial charge in [0.2, 0.25) is 10.4 Å². The SMILES string of the molecule is CC(C)CCCC(C)C1CCC2C3C(=O)C=C4C[C@@H](OS(=O)(=O)[O-])CC[C@]4(C)C3CC[C@]12C. The molecule has 3 saturated carbocycles. The summed E-state index contributed by atoms with van der Waals surface area (Å²) >= 11 is 0. The van der Waals surface area contributed by atoms with Gasteiger partial charge in [0.15, 0.2) is 5.78 Å². The van der Waals surface area contributed by atoms with Gasteiger partial charge in [0.05, 0.1) is 6.10 Å². The van der Waals surface area contributed by atoms with Crippen LogP contribution in [0, 0.1) is 46.3 Å². The molecule has 0 heterocycles. The molecule has 0 N–H and O–H groups in total. The van der Waals surface area contributed by atoms with E-state index in [1.54, 1.807) is 0 Å². The van der Waals surface area contributed by atoms with Crippen LogP contribution in [-0.4, -0.2) is 24.9 Å². The van der Waals surface area contributed by atoms with E-state index in [9.17, 15) is 17.8 Å². The van der Waals surface area contributed by atoms with Crippen LogP contribution in [0.4, 0.5) is 0 Å². The van der Waals surface area contributed by atoms with Gasteiger partial charge in [-0.05, 0) is 91.4 Å². The molecule has 0 aromatic rings. The van der Waals surface area contributed by atoms with Crippen LogP contribution in [0.2, 0.25) is 0 Å². The lowest BCUT2D eigenvalue weighted by Crippen LogP contribution is -2.53. The van der Waals surface area contributed by atoms with Crippen molar-refractivity contribution < 1.29 is 21.9 Å². The molecule has 0 spiro atoms. The Morgan fingerprint density at radius 1 is 1.06 bits per heavy atom. The zero-order chi connectivity index (χ0) is 24.2. The third kappa shape index (κ3) is 4.73. The third-order valence-corrected chi connectivity index (χ3v) is 10.9. The van der Waals surface area contributed by atoms with Gasteiger partial charge in [0.25, 0.3) is 0 Å². The fourth-order valence-corrected chi connectivity index (χ4v) is 9.14. The van der Waals surface area contributed by atoms with Gasteiger partial charge in [0.1, 0.15) is 0 Å². The first kappa shape index (κ1) is 25.4. The van der Waals surface area contributed by atoms with Crippen molar-refractivity contribution in [1.82, 2.24) is 0 Å². The summed E-state index contributed by atoms with van der Waals surface area (Å²) in [6, 6.07) is 0. The first-order valence-electron chi connectivity index (χ1n) is 13.2. The molecule has 0 radical (unpaired) electrons. The van der Waals surface area contributed by atoms with E-state index in [2.05, 4.69) is 34.6 Å². The number of hydrogen-bond acceptors (Lipinski definition) is 5. The van der Waals surface area contributed by atoms with Gasteiger partial charge in [-0.15, -0.1) is 0 Å². The highest BCUT2D eigenvalue weighted by molar-refractivity contribution is 7.80. The summed E-state index contributed by atoms with van der Waals surface area (Å²) in [4.78, 5) is 13.5. The molecule has 0 aromatic carbocycles. The van der Waals surface area contributed by atoms with Gasteiger partial charge in [0, 0.05) is 5.92 Å². The van der Waals surface area contributed by atoms with Gasteiger partial charge in [-0.3, -0.25) is 8.98 Å². The fraction of sp³-hybridized carbons (Fsp3) is 0.889. The summed E-state index contributed by atoms with van der Waals surface area (Å²) in [7, 11) is -4.73. The summed E-state index contributed by atoms with van der Waals surface area (Å²) in [6.45, 7) is 11.8. The standard InChI is InChI=1S/C27H44O5S/c1-17(2)7-6-8-18(3)21-9-10-22-25-23(12-14-27(21,22)5)26(4)13-11-20(32-33(29,30)31)15-19(26)16-24(25)28/h16-18,20-23,25H,6-15H2,1-5H3,(H,29,30,31)/p-1/t18?,20-,21?,22?,23?,25?,26-,27+/m0/s1. The maximum Gasteiger partial charge on any atom is 0.217 e. The highest BCUT2D eigenvalue weighted by Crippen LogP contribution is 2.66. The molecule has 4 rings (SSSR count). The monoisotopic (exact) mass is 479 g/mol. The van der Waals surface area contributed by atoms with Crippen LogP contribution in [0.3, 0.4) is 0 Å². The molecule has 0 bridgehead atoms. The molecule has 0 amide bonds. The van der Waals surface area contributed by atoms with Crippen LogP contribution >= 0.6 is 0 Å². The van der Waals surface area contributed by atoms with E-state index in [1.807, 2.05) is 6.08 Å². The molecule has 3 fully saturated rings. The Balaban J connectivity index is 1.52. The average Bonchev–Trinajstić information content (AvgIpc) is 3.05. The zero-order valence-electron chi connectivity index (χ0n) is 21.1. The molecule has 5 nitrogen and oxygen atoms in total. The van der Waals surface area contributed by atoms with Gasteiger partial charge >= 0.3 is 0 Å². The Kier molecular flexibility index (Phi) is 6.96. The largest absolute Gasteiger partial charge is 0.726 e. The molecule has 8 atom stereocenters. The second kappa shape index (κ2) is 9.05. The second-order valence-corrected chi connectivity index (χ2v) is 13.6. The number of rotatable bonds is 7. The zero-order valence-corrected chi connectivity index (χ0v) is 22.0. The quantitative estimate of drug-likeness (QED) is 0.328. The minimum atomic E-state index is -4.73. The summed E-state index contributed by atoms with van der Waals surface area (Å²) in [6.07, 6.45) is 11.4. The predicted octanol–water partition coefficient (Wildman–Crippen LogP) is 6.05. The number of allylic oxidation sites excluding steroid dienone is 1. The molecule has 4 aliphatic rings. The van der Waals surface area contributed by atoms with E-state index in [0.29, 0.717) is 36.5 Å². The van der Waals surface area contributed by atoms with Gasteiger partial charge in [-0.2, -0.15) is 0 Å². The van der Waals surface area contributed by atoms with Crippen LogP contribution < -0.4 is 0 Å². The number of fused-ring (bicyclic) bond motifs is 5. The smallest absolute Gasteiger partial charge is 0.217 e. The summed E-state index contributed by atoms with van der Waals surface area (Å²) in [5, 5.41) is 0. The van der Waals surface area contributed by atoms with Gasteiger partial charge in [-0.1, -0.05) is 59.5 Å². The van der Waals surface area contributed by atoms with Crippen molar-refractivity contribution in [1.29, 1.82) is 0 Å².